The van der Waals surface area contributed by atoms with E-state index in [0.29, 0.717) is 13.2 Å². The lowest BCUT2D eigenvalue weighted by atomic mass is 10.3. The molecule has 0 radical (unpaired) electrons. The number of nitrogens with one attached hydrogen (secondary N) is 2. The molecule has 0 aliphatic rings. The Labute approximate surface area is 141 Å². The van der Waals surface area contributed by atoms with Crippen LogP contribution in [-0.4, -0.2) is 37.2 Å². The third-order valence-corrected chi connectivity index (χ3v) is 3.88. The summed E-state index contributed by atoms with van der Waals surface area (Å²) >= 11 is 1.68. The largest absolute Gasteiger partial charge is 0.492 e. The van der Waals surface area contributed by atoms with Crippen LogP contribution in [0.4, 0.5) is 0 Å². The summed E-state index contributed by atoms with van der Waals surface area (Å²) in [7, 11) is 0. The number of guanidine groups is 1. The minimum Gasteiger partial charge on any atom is -0.492 e. The molecule has 0 fully saturated rings. The van der Waals surface area contributed by atoms with Gasteiger partial charge >= 0.3 is 0 Å². The summed E-state index contributed by atoms with van der Waals surface area (Å²) < 4.78 is 5.66. The maximum Gasteiger partial charge on any atom is 0.191 e. The van der Waals surface area contributed by atoms with Gasteiger partial charge in [0.05, 0.1) is 17.2 Å². The monoisotopic (exact) mass is 332 g/mol. The first-order valence-corrected chi connectivity index (χ1v) is 8.77. The molecule has 23 heavy (non-hydrogen) atoms. The van der Waals surface area contributed by atoms with Crippen LogP contribution in [0.5, 0.6) is 5.75 Å². The molecule has 2 N–H and O–H groups in total. The molecular weight excluding hydrogens is 308 g/mol. The first-order valence-electron chi connectivity index (χ1n) is 7.89. The molecule has 0 atom stereocenters. The molecule has 0 amide bonds. The second-order valence-electron chi connectivity index (χ2n) is 4.96. The molecule has 6 heteroatoms. The van der Waals surface area contributed by atoms with Gasteiger partial charge in [-0.2, -0.15) is 0 Å². The number of hydrogen-bond acceptors (Lipinski definition) is 4. The molecule has 0 spiro atoms. The van der Waals surface area contributed by atoms with E-state index in [1.54, 1.807) is 11.3 Å². The van der Waals surface area contributed by atoms with Crippen LogP contribution < -0.4 is 15.4 Å². The first kappa shape index (κ1) is 17.3. The van der Waals surface area contributed by atoms with E-state index in [-0.39, 0.29) is 0 Å². The number of rotatable bonds is 8. The fourth-order valence-electron chi connectivity index (χ4n) is 2.00. The molecule has 2 rings (SSSR count). The van der Waals surface area contributed by atoms with Crippen molar-refractivity contribution in [3.05, 3.63) is 46.4 Å². The lowest BCUT2D eigenvalue weighted by Crippen LogP contribution is -2.39. The van der Waals surface area contributed by atoms with Gasteiger partial charge in [0, 0.05) is 24.9 Å². The highest BCUT2D eigenvalue weighted by atomic mass is 32.1. The Hall–Kier alpha value is -2.08. The van der Waals surface area contributed by atoms with E-state index in [0.717, 1.165) is 41.9 Å². The maximum atomic E-state index is 5.66. The Morgan fingerprint density at radius 1 is 1.26 bits per heavy atom. The Morgan fingerprint density at radius 2 is 2.09 bits per heavy atom. The van der Waals surface area contributed by atoms with Crippen LogP contribution in [0.15, 0.2) is 40.7 Å². The summed E-state index contributed by atoms with van der Waals surface area (Å²) in [5.41, 5.74) is 1.11. The number of aryl methyl sites for hydroxylation is 1. The van der Waals surface area contributed by atoms with Crippen molar-refractivity contribution in [2.45, 2.75) is 20.3 Å². The van der Waals surface area contributed by atoms with Gasteiger partial charge in [-0.15, -0.1) is 11.3 Å². The first-order chi connectivity index (χ1) is 11.3. The van der Waals surface area contributed by atoms with Crippen LogP contribution in [-0.2, 0) is 6.42 Å². The van der Waals surface area contributed by atoms with Crippen LogP contribution in [0, 0.1) is 6.92 Å². The molecule has 5 nitrogen and oxygen atoms in total. The minimum atomic E-state index is 0.597. The zero-order valence-electron chi connectivity index (χ0n) is 13.7. The Kier molecular flexibility index (Phi) is 7.39. The molecule has 0 unspecified atom stereocenters. The molecule has 0 saturated carbocycles. The van der Waals surface area contributed by atoms with Crippen molar-refractivity contribution in [3.63, 3.8) is 0 Å². The number of nitrogens with zero attached hydrogens (tertiary/aromatic N) is 2. The van der Waals surface area contributed by atoms with Crippen LogP contribution in [0.3, 0.4) is 0 Å². The number of para-hydroxylation sites is 1. The molecule has 2 aromatic rings. The third-order valence-electron chi connectivity index (χ3n) is 3.06. The van der Waals surface area contributed by atoms with Crippen molar-refractivity contribution in [1.82, 2.24) is 15.6 Å². The Morgan fingerprint density at radius 3 is 2.78 bits per heavy atom. The molecule has 124 valence electrons. The number of benzene rings is 1. The SMILES string of the molecule is CCNC(=NCCc1csc(C)n1)NCCOc1ccccc1. The number of aliphatic imine (C=N–C) groups is 1. The van der Waals surface area contributed by atoms with Gasteiger partial charge in [-0.1, -0.05) is 18.2 Å². The van der Waals surface area contributed by atoms with E-state index in [4.69, 9.17) is 4.74 Å². The van der Waals surface area contributed by atoms with Crippen molar-refractivity contribution in [2.75, 3.05) is 26.2 Å². The van der Waals surface area contributed by atoms with Crippen molar-refractivity contribution >= 4 is 17.3 Å². The fourth-order valence-corrected chi connectivity index (χ4v) is 2.65. The summed E-state index contributed by atoms with van der Waals surface area (Å²) in [5.74, 6) is 1.70. The number of hydrogen-bond donors (Lipinski definition) is 2. The van der Waals surface area contributed by atoms with E-state index in [1.165, 1.54) is 0 Å². The minimum absolute atomic E-state index is 0.597. The topological polar surface area (TPSA) is 58.5 Å². The fraction of sp³-hybridized carbons (Fsp3) is 0.412. The van der Waals surface area contributed by atoms with Gasteiger partial charge in [0.2, 0.25) is 0 Å². The van der Waals surface area contributed by atoms with Crippen LogP contribution in [0.2, 0.25) is 0 Å². The standard InChI is InChI=1S/C17H24N4OS/c1-3-18-17(19-10-9-15-13-23-14(2)21-15)20-11-12-22-16-7-5-4-6-8-16/h4-8,13H,3,9-12H2,1-2H3,(H2,18,19,20). The smallest absolute Gasteiger partial charge is 0.191 e. The molecule has 1 aromatic carbocycles. The number of aromatic nitrogens is 1. The highest BCUT2D eigenvalue weighted by Crippen LogP contribution is 2.08. The van der Waals surface area contributed by atoms with Gasteiger partial charge < -0.3 is 15.4 Å². The molecule has 0 aliphatic carbocycles. The Balaban J connectivity index is 1.70. The average molecular weight is 332 g/mol. The zero-order chi connectivity index (χ0) is 16.3. The zero-order valence-corrected chi connectivity index (χ0v) is 14.5. The lowest BCUT2D eigenvalue weighted by molar-refractivity contribution is 0.322. The second-order valence-corrected chi connectivity index (χ2v) is 6.02. The van der Waals surface area contributed by atoms with E-state index in [2.05, 4.69) is 32.9 Å². The highest BCUT2D eigenvalue weighted by molar-refractivity contribution is 7.09. The second kappa shape index (κ2) is 9.84. The highest BCUT2D eigenvalue weighted by Gasteiger charge is 2.00. The van der Waals surface area contributed by atoms with E-state index in [9.17, 15) is 0 Å². The molecule has 0 saturated heterocycles. The van der Waals surface area contributed by atoms with Crippen molar-refractivity contribution in [1.29, 1.82) is 0 Å². The summed E-state index contributed by atoms with van der Waals surface area (Å²) in [6, 6.07) is 9.82. The van der Waals surface area contributed by atoms with E-state index < -0.39 is 0 Å². The predicted molar refractivity (Wildman–Crippen MR) is 96.5 cm³/mol. The molecule has 1 heterocycles. The van der Waals surface area contributed by atoms with Crippen LogP contribution in [0.1, 0.15) is 17.6 Å². The lowest BCUT2D eigenvalue weighted by Gasteiger charge is -2.12. The van der Waals surface area contributed by atoms with Crippen LogP contribution in [0.25, 0.3) is 0 Å². The van der Waals surface area contributed by atoms with Gasteiger partial charge in [0.15, 0.2) is 5.96 Å². The van der Waals surface area contributed by atoms with E-state index >= 15 is 0 Å². The molecule has 0 aliphatic heterocycles. The molecule has 0 bridgehead atoms. The third kappa shape index (κ3) is 6.69. The maximum absolute atomic E-state index is 5.66. The molecular formula is C17H24N4OS. The van der Waals surface area contributed by atoms with Crippen molar-refractivity contribution < 1.29 is 4.74 Å². The number of thiazole rings is 1. The number of ether oxygens (including phenoxy) is 1. The van der Waals surface area contributed by atoms with Gasteiger partial charge in [-0.25, -0.2) is 4.98 Å². The summed E-state index contributed by atoms with van der Waals surface area (Å²) in [6.45, 7) is 6.94. The average Bonchev–Trinajstić information content (AvgIpc) is 2.98. The summed E-state index contributed by atoms with van der Waals surface area (Å²) in [4.78, 5) is 9.02. The van der Waals surface area contributed by atoms with Gasteiger partial charge in [-0.3, -0.25) is 4.99 Å². The summed E-state index contributed by atoms with van der Waals surface area (Å²) in [6.07, 6.45) is 0.863. The van der Waals surface area contributed by atoms with E-state index in [1.807, 2.05) is 37.3 Å². The van der Waals surface area contributed by atoms with Crippen molar-refractivity contribution in [3.8, 4) is 5.75 Å². The van der Waals surface area contributed by atoms with Crippen molar-refractivity contribution in [2.24, 2.45) is 4.99 Å². The van der Waals surface area contributed by atoms with Gasteiger partial charge in [0.25, 0.3) is 0 Å². The normalized spacial score (nSPS) is 11.3. The van der Waals surface area contributed by atoms with Gasteiger partial charge in [-0.05, 0) is 26.0 Å². The predicted octanol–water partition coefficient (Wildman–Crippen LogP) is 2.63. The van der Waals surface area contributed by atoms with Gasteiger partial charge in [0.1, 0.15) is 12.4 Å². The Bertz CT molecular complexity index is 598. The quantitative estimate of drug-likeness (QED) is 0.443. The summed E-state index contributed by atoms with van der Waals surface area (Å²) in [5, 5.41) is 9.72. The van der Waals surface area contributed by atoms with Crippen LogP contribution >= 0.6 is 11.3 Å². The molecule has 1 aromatic heterocycles.